The number of thiophene rings is 1. The van der Waals surface area contributed by atoms with E-state index in [1.165, 1.54) is 10.4 Å². The molecule has 2 aromatic rings. The SMILES string of the molecule is CC(c1cccs1)N(C)C(CN)CCc1ccccc1. The molecular formula is C17H24N2S. The molecule has 2 rings (SSSR count). The fourth-order valence-electron chi connectivity index (χ4n) is 2.51. The molecule has 0 radical (unpaired) electrons. The molecule has 0 saturated carbocycles. The summed E-state index contributed by atoms with van der Waals surface area (Å²) in [6.45, 7) is 2.97. The summed E-state index contributed by atoms with van der Waals surface area (Å²) in [6.07, 6.45) is 2.19. The quantitative estimate of drug-likeness (QED) is 0.841. The third kappa shape index (κ3) is 3.92. The molecule has 108 valence electrons. The maximum atomic E-state index is 5.99. The molecule has 3 heteroatoms. The molecule has 0 bridgehead atoms. The van der Waals surface area contributed by atoms with Gasteiger partial charge in [-0.2, -0.15) is 0 Å². The van der Waals surface area contributed by atoms with Crippen molar-refractivity contribution in [3.63, 3.8) is 0 Å². The van der Waals surface area contributed by atoms with Crippen LogP contribution in [0.25, 0.3) is 0 Å². The predicted octanol–water partition coefficient (Wildman–Crippen LogP) is 3.70. The number of nitrogens with two attached hydrogens (primary N) is 1. The summed E-state index contributed by atoms with van der Waals surface area (Å²) >= 11 is 1.82. The third-order valence-electron chi connectivity index (χ3n) is 4.02. The maximum absolute atomic E-state index is 5.99. The lowest BCUT2D eigenvalue weighted by atomic mass is 10.0. The van der Waals surface area contributed by atoms with Crippen LogP contribution in [0.3, 0.4) is 0 Å². The molecule has 1 aromatic carbocycles. The van der Waals surface area contributed by atoms with Gasteiger partial charge in [-0.25, -0.2) is 0 Å². The second-order valence-electron chi connectivity index (χ2n) is 5.27. The molecule has 1 aromatic heterocycles. The molecule has 0 aliphatic rings. The Labute approximate surface area is 126 Å². The van der Waals surface area contributed by atoms with Crippen LogP contribution in [0.15, 0.2) is 47.8 Å². The maximum Gasteiger partial charge on any atom is 0.0413 e. The zero-order valence-corrected chi connectivity index (χ0v) is 13.1. The molecule has 2 atom stereocenters. The zero-order valence-electron chi connectivity index (χ0n) is 12.3. The second-order valence-corrected chi connectivity index (χ2v) is 6.25. The summed E-state index contributed by atoms with van der Waals surface area (Å²) in [5.74, 6) is 0. The van der Waals surface area contributed by atoms with Gasteiger partial charge in [-0.1, -0.05) is 36.4 Å². The number of nitrogens with zero attached hydrogens (tertiary/aromatic N) is 1. The van der Waals surface area contributed by atoms with Gasteiger partial charge >= 0.3 is 0 Å². The van der Waals surface area contributed by atoms with Gasteiger partial charge in [0.05, 0.1) is 0 Å². The summed E-state index contributed by atoms with van der Waals surface area (Å²) in [6, 6.07) is 15.8. The summed E-state index contributed by atoms with van der Waals surface area (Å²) in [7, 11) is 2.19. The average molecular weight is 288 g/mol. The highest BCUT2D eigenvalue weighted by Crippen LogP contribution is 2.25. The standard InChI is InChI=1S/C17H24N2S/c1-14(17-9-6-12-20-17)19(2)16(13-18)11-10-15-7-4-3-5-8-15/h3-9,12,14,16H,10-11,13,18H2,1-2H3. The van der Waals surface area contributed by atoms with Crippen molar-refractivity contribution in [1.29, 1.82) is 0 Å². The molecule has 0 saturated heterocycles. The first-order chi connectivity index (χ1) is 9.72. The van der Waals surface area contributed by atoms with Gasteiger partial charge in [-0.3, -0.25) is 4.90 Å². The van der Waals surface area contributed by atoms with Gasteiger partial charge in [0, 0.05) is 23.5 Å². The topological polar surface area (TPSA) is 29.3 Å². The number of likely N-dealkylation sites (N-methyl/N-ethyl adjacent to an activating group) is 1. The van der Waals surface area contributed by atoms with E-state index in [0.717, 1.165) is 12.8 Å². The Morgan fingerprint density at radius 1 is 1.15 bits per heavy atom. The first-order valence-corrected chi connectivity index (χ1v) is 8.09. The van der Waals surface area contributed by atoms with Crippen LogP contribution in [0.4, 0.5) is 0 Å². The van der Waals surface area contributed by atoms with E-state index in [0.29, 0.717) is 18.6 Å². The van der Waals surface area contributed by atoms with Crippen LogP contribution in [0.1, 0.15) is 29.8 Å². The van der Waals surface area contributed by atoms with Crippen LogP contribution in [0, 0.1) is 0 Å². The van der Waals surface area contributed by atoms with Crippen LogP contribution < -0.4 is 5.73 Å². The highest BCUT2D eigenvalue weighted by atomic mass is 32.1. The smallest absolute Gasteiger partial charge is 0.0413 e. The first-order valence-electron chi connectivity index (χ1n) is 7.21. The minimum Gasteiger partial charge on any atom is -0.329 e. The third-order valence-corrected chi connectivity index (χ3v) is 5.07. The van der Waals surface area contributed by atoms with Crippen molar-refractivity contribution in [2.24, 2.45) is 5.73 Å². The Bertz CT molecular complexity index is 481. The molecule has 0 spiro atoms. The van der Waals surface area contributed by atoms with Crippen molar-refractivity contribution >= 4 is 11.3 Å². The van der Waals surface area contributed by atoms with Gasteiger partial charge < -0.3 is 5.73 Å². The monoisotopic (exact) mass is 288 g/mol. The first kappa shape index (κ1) is 15.2. The Morgan fingerprint density at radius 2 is 1.90 bits per heavy atom. The van der Waals surface area contributed by atoms with Crippen molar-refractivity contribution in [2.75, 3.05) is 13.6 Å². The lowest BCUT2D eigenvalue weighted by Gasteiger charge is -2.32. The van der Waals surface area contributed by atoms with E-state index in [-0.39, 0.29) is 0 Å². The van der Waals surface area contributed by atoms with E-state index in [1.54, 1.807) is 0 Å². The average Bonchev–Trinajstić information content (AvgIpc) is 3.02. The molecule has 2 N–H and O–H groups in total. The van der Waals surface area contributed by atoms with Gasteiger partial charge in [-0.05, 0) is 43.8 Å². The van der Waals surface area contributed by atoms with Gasteiger partial charge in [0.25, 0.3) is 0 Å². The van der Waals surface area contributed by atoms with Crippen molar-refractivity contribution in [3.05, 3.63) is 58.3 Å². The molecule has 0 aliphatic carbocycles. The van der Waals surface area contributed by atoms with E-state index in [9.17, 15) is 0 Å². The number of hydrogen-bond donors (Lipinski definition) is 1. The fourth-order valence-corrected chi connectivity index (χ4v) is 3.35. The van der Waals surface area contributed by atoms with Gasteiger partial charge in [-0.15, -0.1) is 11.3 Å². The molecular weight excluding hydrogens is 264 g/mol. The molecule has 2 nitrogen and oxygen atoms in total. The second kappa shape index (κ2) is 7.58. The Morgan fingerprint density at radius 3 is 2.50 bits per heavy atom. The molecule has 2 unspecified atom stereocenters. The van der Waals surface area contributed by atoms with Crippen LogP contribution in [-0.4, -0.2) is 24.5 Å². The summed E-state index contributed by atoms with van der Waals surface area (Å²) < 4.78 is 0. The molecule has 0 fully saturated rings. The minimum atomic E-state index is 0.423. The van der Waals surface area contributed by atoms with Crippen LogP contribution in [0.5, 0.6) is 0 Å². The van der Waals surface area contributed by atoms with Crippen molar-refractivity contribution in [3.8, 4) is 0 Å². The highest BCUT2D eigenvalue weighted by Gasteiger charge is 2.20. The largest absolute Gasteiger partial charge is 0.329 e. The van der Waals surface area contributed by atoms with Gasteiger partial charge in [0.15, 0.2) is 0 Å². The van der Waals surface area contributed by atoms with Crippen LogP contribution in [0.2, 0.25) is 0 Å². The van der Waals surface area contributed by atoms with E-state index < -0.39 is 0 Å². The number of rotatable bonds is 7. The van der Waals surface area contributed by atoms with Crippen LogP contribution >= 0.6 is 11.3 Å². The lowest BCUT2D eigenvalue weighted by Crippen LogP contribution is -2.39. The Hall–Kier alpha value is -1.16. The molecule has 0 aliphatic heterocycles. The highest BCUT2D eigenvalue weighted by molar-refractivity contribution is 7.10. The lowest BCUT2D eigenvalue weighted by molar-refractivity contribution is 0.182. The Balaban J connectivity index is 1.94. The molecule has 20 heavy (non-hydrogen) atoms. The normalized spacial score (nSPS) is 14.4. The van der Waals surface area contributed by atoms with E-state index in [1.807, 2.05) is 11.3 Å². The van der Waals surface area contributed by atoms with Crippen molar-refractivity contribution in [1.82, 2.24) is 4.90 Å². The zero-order chi connectivity index (χ0) is 14.4. The minimum absolute atomic E-state index is 0.423. The van der Waals surface area contributed by atoms with E-state index in [2.05, 4.69) is 66.7 Å². The van der Waals surface area contributed by atoms with E-state index >= 15 is 0 Å². The number of hydrogen-bond acceptors (Lipinski definition) is 3. The van der Waals surface area contributed by atoms with Gasteiger partial charge in [0.1, 0.15) is 0 Å². The predicted molar refractivity (Wildman–Crippen MR) is 88.1 cm³/mol. The molecule has 1 heterocycles. The van der Waals surface area contributed by atoms with Crippen LogP contribution in [-0.2, 0) is 6.42 Å². The fraction of sp³-hybridized carbons (Fsp3) is 0.412. The van der Waals surface area contributed by atoms with E-state index in [4.69, 9.17) is 5.73 Å². The van der Waals surface area contributed by atoms with Crippen molar-refractivity contribution < 1.29 is 0 Å². The summed E-state index contributed by atoms with van der Waals surface area (Å²) in [5, 5.41) is 2.14. The Kier molecular flexibility index (Phi) is 5.77. The number of aryl methyl sites for hydroxylation is 1. The van der Waals surface area contributed by atoms with Gasteiger partial charge in [0.2, 0.25) is 0 Å². The molecule has 0 amide bonds. The summed E-state index contributed by atoms with van der Waals surface area (Å²) in [4.78, 5) is 3.82. The summed E-state index contributed by atoms with van der Waals surface area (Å²) in [5.41, 5.74) is 7.38. The number of benzene rings is 1. The van der Waals surface area contributed by atoms with Crippen molar-refractivity contribution in [2.45, 2.75) is 31.8 Å².